The van der Waals surface area contributed by atoms with Crippen LogP contribution in [0.25, 0.3) is 0 Å². The second kappa shape index (κ2) is 8.08. The third kappa shape index (κ3) is 4.33. The van der Waals surface area contributed by atoms with Gasteiger partial charge in [0.05, 0.1) is 0 Å². The molecule has 1 aliphatic heterocycles. The molecular formula is C19H27N3OS. The third-order valence-electron chi connectivity index (χ3n) is 4.79. The van der Waals surface area contributed by atoms with Gasteiger partial charge in [-0.25, -0.2) is 4.98 Å². The summed E-state index contributed by atoms with van der Waals surface area (Å²) in [7, 11) is 1.68. The minimum Gasteiger partial charge on any atom is -0.377 e. The number of aromatic nitrogens is 2. The van der Waals surface area contributed by atoms with Gasteiger partial charge < -0.3 is 9.64 Å². The van der Waals surface area contributed by atoms with E-state index < -0.39 is 0 Å². The molecule has 0 aliphatic carbocycles. The molecule has 1 aromatic carbocycles. The molecule has 4 nitrogen and oxygen atoms in total. The number of nitrogens with zero attached hydrogens (tertiary/aromatic N) is 3. The molecule has 0 amide bonds. The molecule has 2 aromatic rings. The lowest BCUT2D eigenvalue weighted by molar-refractivity contribution is 0.179. The molecule has 0 saturated carbocycles. The second-order valence-corrected chi connectivity index (χ2v) is 7.69. The van der Waals surface area contributed by atoms with Crippen LogP contribution in [0.2, 0.25) is 0 Å². The number of methoxy groups -OCH3 is 1. The van der Waals surface area contributed by atoms with Crippen LogP contribution in [-0.2, 0) is 17.8 Å². The van der Waals surface area contributed by atoms with Crippen molar-refractivity contribution >= 4 is 16.7 Å². The van der Waals surface area contributed by atoms with Crippen molar-refractivity contribution in [2.24, 2.45) is 5.92 Å². The highest BCUT2D eigenvalue weighted by Crippen LogP contribution is 2.27. The van der Waals surface area contributed by atoms with Gasteiger partial charge in [-0.15, -0.1) is 0 Å². The molecule has 0 radical (unpaired) electrons. The highest BCUT2D eigenvalue weighted by molar-refractivity contribution is 7.09. The van der Waals surface area contributed by atoms with Crippen molar-refractivity contribution in [1.29, 1.82) is 0 Å². The Morgan fingerprint density at radius 2 is 1.92 bits per heavy atom. The number of anilines is 1. The van der Waals surface area contributed by atoms with E-state index in [9.17, 15) is 0 Å². The Bertz CT molecular complexity index is 630. The fourth-order valence-electron chi connectivity index (χ4n) is 3.26. The van der Waals surface area contributed by atoms with Crippen LogP contribution in [0.5, 0.6) is 0 Å². The largest absolute Gasteiger partial charge is 0.377 e. The van der Waals surface area contributed by atoms with Crippen molar-refractivity contribution in [1.82, 2.24) is 9.36 Å². The van der Waals surface area contributed by atoms with Crippen molar-refractivity contribution in [3.05, 3.63) is 41.2 Å². The lowest BCUT2D eigenvalue weighted by Crippen LogP contribution is -2.34. The van der Waals surface area contributed by atoms with E-state index in [4.69, 9.17) is 4.74 Å². The van der Waals surface area contributed by atoms with E-state index in [2.05, 4.69) is 52.4 Å². The van der Waals surface area contributed by atoms with Crippen molar-refractivity contribution in [3.8, 4) is 0 Å². The molecule has 5 heteroatoms. The first-order valence-electron chi connectivity index (χ1n) is 8.81. The average Bonchev–Trinajstić information content (AvgIpc) is 3.05. The van der Waals surface area contributed by atoms with Gasteiger partial charge in [-0.3, -0.25) is 0 Å². The first-order chi connectivity index (χ1) is 11.7. The van der Waals surface area contributed by atoms with Crippen LogP contribution in [0.4, 0.5) is 5.13 Å². The Morgan fingerprint density at radius 1 is 1.21 bits per heavy atom. The molecule has 0 spiro atoms. The zero-order chi connectivity index (χ0) is 16.9. The Hall–Kier alpha value is -1.46. The van der Waals surface area contributed by atoms with E-state index in [0.29, 0.717) is 12.5 Å². The third-order valence-corrected chi connectivity index (χ3v) is 5.60. The van der Waals surface area contributed by atoms with Gasteiger partial charge in [0.1, 0.15) is 6.61 Å². The lowest BCUT2D eigenvalue weighted by Gasteiger charge is -2.31. The molecule has 1 saturated heterocycles. The first kappa shape index (κ1) is 17.4. The fourth-order valence-corrected chi connectivity index (χ4v) is 3.99. The average molecular weight is 346 g/mol. The zero-order valence-electron chi connectivity index (χ0n) is 14.9. The van der Waals surface area contributed by atoms with Crippen LogP contribution >= 0.6 is 11.5 Å². The van der Waals surface area contributed by atoms with Gasteiger partial charge in [0, 0.05) is 31.7 Å². The fraction of sp³-hybridized carbons (Fsp3) is 0.579. The van der Waals surface area contributed by atoms with Gasteiger partial charge in [0.15, 0.2) is 5.82 Å². The minimum absolute atomic E-state index is 0.499. The molecule has 3 rings (SSSR count). The summed E-state index contributed by atoms with van der Waals surface area (Å²) in [5.74, 6) is 2.18. The molecule has 2 heterocycles. The Balaban J connectivity index is 1.51. The summed E-state index contributed by atoms with van der Waals surface area (Å²) >= 11 is 1.49. The van der Waals surface area contributed by atoms with Crippen molar-refractivity contribution in [3.63, 3.8) is 0 Å². The Kier molecular flexibility index (Phi) is 5.85. The van der Waals surface area contributed by atoms with Gasteiger partial charge in [-0.05, 0) is 42.2 Å². The number of hydrogen-bond acceptors (Lipinski definition) is 5. The van der Waals surface area contributed by atoms with Crippen LogP contribution < -0.4 is 4.90 Å². The lowest BCUT2D eigenvalue weighted by atomic mass is 9.89. The van der Waals surface area contributed by atoms with E-state index in [1.807, 2.05) is 0 Å². The van der Waals surface area contributed by atoms with Crippen LogP contribution in [-0.4, -0.2) is 29.6 Å². The minimum atomic E-state index is 0.499. The first-order valence-corrected chi connectivity index (χ1v) is 9.58. The van der Waals surface area contributed by atoms with Crippen molar-refractivity contribution in [2.75, 3.05) is 25.1 Å². The summed E-state index contributed by atoms with van der Waals surface area (Å²) in [6, 6.07) is 9.19. The maximum absolute atomic E-state index is 5.10. The number of benzene rings is 1. The molecule has 0 unspecified atom stereocenters. The Labute approximate surface area is 149 Å². The number of rotatable bonds is 6. The van der Waals surface area contributed by atoms with E-state index in [0.717, 1.165) is 30.0 Å². The van der Waals surface area contributed by atoms with Crippen LogP contribution in [0.3, 0.4) is 0 Å². The van der Waals surface area contributed by atoms with Gasteiger partial charge in [0.2, 0.25) is 5.13 Å². The summed E-state index contributed by atoms with van der Waals surface area (Å²) < 4.78 is 9.45. The molecule has 1 aromatic heterocycles. The molecule has 0 atom stereocenters. The molecule has 24 heavy (non-hydrogen) atoms. The molecule has 1 fully saturated rings. The SMILES string of the molecule is COCc1nsc(N2CCC(Cc3ccc(C(C)C)cc3)CC2)n1. The summed E-state index contributed by atoms with van der Waals surface area (Å²) in [5.41, 5.74) is 2.90. The molecule has 0 bridgehead atoms. The van der Waals surface area contributed by atoms with E-state index in [1.54, 1.807) is 7.11 Å². The monoisotopic (exact) mass is 345 g/mol. The van der Waals surface area contributed by atoms with Crippen LogP contribution in [0, 0.1) is 5.92 Å². The predicted molar refractivity (Wildman–Crippen MR) is 99.8 cm³/mol. The summed E-state index contributed by atoms with van der Waals surface area (Å²) in [4.78, 5) is 6.94. The molecular weight excluding hydrogens is 318 g/mol. The molecule has 130 valence electrons. The summed E-state index contributed by atoms with van der Waals surface area (Å²) in [6.45, 7) is 7.15. The van der Waals surface area contributed by atoms with E-state index in [1.165, 1.54) is 41.9 Å². The smallest absolute Gasteiger partial charge is 0.205 e. The zero-order valence-corrected chi connectivity index (χ0v) is 15.7. The number of piperidine rings is 1. The highest BCUT2D eigenvalue weighted by Gasteiger charge is 2.22. The topological polar surface area (TPSA) is 38.2 Å². The van der Waals surface area contributed by atoms with Gasteiger partial charge in [0.25, 0.3) is 0 Å². The second-order valence-electron chi connectivity index (χ2n) is 6.96. The van der Waals surface area contributed by atoms with Gasteiger partial charge >= 0.3 is 0 Å². The maximum Gasteiger partial charge on any atom is 0.205 e. The Morgan fingerprint density at radius 3 is 2.54 bits per heavy atom. The van der Waals surface area contributed by atoms with Gasteiger partial charge in [-0.2, -0.15) is 4.37 Å². The van der Waals surface area contributed by atoms with Crippen LogP contribution in [0.15, 0.2) is 24.3 Å². The number of hydrogen-bond donors (Lipinski definition) is 0. The molecule has 1 aliphatic rings. The molecule has 0 N–H and O–H groups in total. The maximum atomic E-state index is 5.10. The number of ether oxygens (including phenoxy) is 1. The van der Waals surface area contributed by atoms with E-state index >= 15 is 0 Å². The van der Waals surface area contributed by atoms with Crippen molar-refractivity contribution < 1.29 is 4.74 Å². The quantitative estimate of drug-likeness (QED) is 0.784. The standard InChI is InChI=1S/C19H27N3OS/c1-14(2)17-6-4-15(5-7-17)12-16-8-10-22(11-9-16)19-20-18(13-23-3)21-24-19/h4-7,14,16H,8-13H2,1-3H3. The van der Waals surface area contributed by atoms with Crippen molar-refractivity contribution in [2.45, 2.75) is 45.6 Å². The predicted octanol–water partition coefficient (Wildman–Crippen LogP) is 4.27. The van der Waals surface area contributed by atoms with Crippen LogP contribution in [0.1, 0.15) is 49.6 Å². The van der Waals surface area contributed by atoms with E-state index in [-0.39, 0.29) is 0 Å². The summed E-state index contributed by atoms with van der Waals surface area (Å²) in [5, 5.41) is 1.04. The highest BCUT2D eigenvalue weighted by atomic mass is 32.1. The normalized spacial score (nSPS) is 16.1. The van der Waals surface area contributed by atoms with Gasteiger partial charge in [-0.1, -0.05) is 38.1 Å². The summed E-state index contributed by atoms with van der Waals surface area (Å²) in [6.07, 6.45) is 3.65.